The molecule has 0 aliphatic heterocycles. The highest BCUT2D eigenvalue weighted by Gasteiger charge is 2.23. The van der Waals surface area contributed by atoms with Gasteiger partial charge < -0.3 is 4.74 Å². The summed E-state index contributed by atoms with van der Waals surface area (Å²) in [5.41, 5.74) is 0. The topological polar surface area (TPSA) is 26.3 Å². The maximum Gasteiger partial charge on any atom is 0.136 e. The van der Waals surface area contributed by atoms with E-state index in [0.29, 0.717) is 17.8 Å². The van der Waals surface area contributed by atoms with E-state index in [4.69, 9.17) is 4.74 Å². The number of carbonyl (C=O) groups is 1. The Labute approximate surface area is 80.7 Å². The Balaban J connectivity index is 2.08. The third-order valence-corrected chi connectivity index (χ3v) is 2.87. The molecule has 13 heavy (non-hydrogen) atoms. The highest BCUT2D eigenvalue weighted by molar-refractivity contribution is 5.82. The molecule has 0 heterocycles. The first-order valence-electron chi connectivity index (χ1n) is 5.38. The molecule has 1 saturated carbocycles. The van der Waals surface area contributed by atoms with Crippen LogP contribution < -0.4 is 0 Å². The molecule has 2 atom stereocenters. The van der Waals surface area contributed by atoms with Crippen molar-refractivity contribution in [3.63, 3.8) is 0 Å². The fourth-order valence-electron chi connectivity index (χ4n) is 1.72. The van der Waals surface area contributed by atoms with Crippen LogP contribution in [0, 0.1) is 5.92 Å². The number of hydrogen-bond acceptors (Lipinski definition) is 2. The first-order chi connectivity index (χ1) is 6.24. The molecule has 2 heteroatoms. The summed E-state index contributed by atoms with van der Waals surface area (Å²) in [6, 6.07) is 0. The van der Waals surface area contributed by atoms with Crippen LogP contribution in [0.4, 0.5) is 0 Å². The maximum absolute atomic E-state index is 11.3. The number of ether oxygens (including phenoxy) is 1. The van der Waals surface area contributed by atoms with Crippen molar-refractivity contribution >= 4 is 5.78 Å². The second kappa shape index (κ2) is 5.38. The summed E-state index contributed by atoms with van der Waals surface area (Å²) < 4.78 is 5.55. The zero-order chi connectivity index (χ0) is 9.68. The average Bonchev–Trinajstić information content (AvgIpc) is 2.52. The van der Waals surface area contributed by atoms with E-state index in [1.54, 1.807) is 0 Å². The fourth-order valence-corrected chi connectivity index (χ4v) is 1.72. The first kappa shape index (κ1) is 10.7. The van der Waals surface area contributed by atoms with E-state index in [0.717, 1.165) is 38.7 Å². The molecule has 1 rings (SSSR count). The van der Waals surface area contributed by atoms with Crippen molar-refractivity contribution in [2.24, 2.45) is 5.92 Å². The first-order valence-corrected chi connectivity index (χ1v) is 5.38. The Bertz CT molecular complexity index is 165. The van der Waals surface area contributed by atoms with Gasteiger partial charge in [-0.25, -0.2) is 0 Å². The third-order valence-electron chi connectivity index (χ3n) is 2.87. The molecule has 0 amide bonds. The largest absolute Gasteiger partial charge is 0.378 e. The quantitative estimate of drug-likeness (QED) is 0.656. The molecule has 1 aliphatic carbocycles. The molecule has 0 bridgehead atoms. The van der Waals surface area contributed by atoms with Crippen molar-refractivity contribution in [1.82, 2.24) is 0 Å². The molecule has 1 aliphatic rings. The van der Waals surface area contributed by atoms with E-state index in [2.05, 4.69) is 13.8 Å². The number of Topliss-reactive ketones (excluding diaryl/α,β-unsaturated/α-hetero) is 1. The van der Waals surface area contributed by atoms with E-state index >= 15 is 0 Å². The molecule has 76 valence electrons. The molecule has 2 nitrogen and oxygen atoms in total. The van der Waals surface area contributed by atoms with E-state index in [1.807, 2.05) is 0 Å². The minimum atomic E-state index is 0.309. The van der Waals surface area contributed by atoms with Gasteiger partial charge in [0, 0.05) is 18.9 Å². The number of hydrogen-bond donors (Lipinski definition) is 0. The summed E-state index contributed by atoms with van der Waals surface area (Å²) in [6.45, 7) is 4.95. The smallest absolute Gasteiger partial charge is 0.136 e. The van der Waals surface area contributed by atoms with Crippen LogP contribution in [0.15, 0.2) is 0 Å². The lowest BCUT2D eigenvalue weighted by atomic mass is 10.0. The molecule has 0 aromatic carbocycles. The van der Waals surface area contributed by atoms with Gasteiger partial charge in [0.15, 0.2) is 0 Å². The summed E-state index contributed by atoms with van der Waals surface area (Å²) in [5.74, 6) is 0.761. The van der Waals surface area contributed by atoms with Crippen molar-refractivity contribution in [2.75, 3.05) is 6.61 Å². The van der Waals surface area contributed by atoms with Crippen LogP contribution in [0.1, 0.15) is 46.0 Å². The van der Waals surface area contributed by atoms with Gasteiger partial charge in [-0.15, -0.1) is 0 Å². The summed E-state index contributed by atoms with van der Waals surface area (Å²) in [7, 11) is 0. The maximum atomic E-state index is 11.3. The van der Waals surface area contributed by atoms with Crippen LogP contribution in [0.25, 0.3) is 0 Å². The van der Waals surface area contributed by atoms with Gasteiger partial charge in [0.05, 0.1) is 6.10 Å². The zero-order valence-corrected chi connectivity index (χ0v) is 8.71. The SMILES string of the molecule is CCC(C)OCCC1CCCC1=O. The molecule has 0 N–H and O–H groups in total. The molecular weight excluding hydrogens is 164 g/mol. The number of rotatable bonds is 5. The van der Waals surface area contributed by atoms with Gasteiger partial charge in [-0.1, -0.05) is 6.92 Å². The van der Waals surface area contributed by atoms with Crippen molar-refractivity contribution < 1.29 is 9.53 Å². The predicted molar refractivity (Wildman–Crippen MR) is 52.7 cm³/mol. The fraction of sp³-hybridized carbons (Fsp3) is 0.909. The summed E-state index contributed by atoms with van der Waals surface area (Å²) in [5, 5.41) is 0. The lowest BCUT2D eigenvalue weighted by Crippen LogP contribution is -2.13. The van der Waals surface area contributed by atoms with Crippen LogP contribution in [-0.2, 0) is 9.53 Å². The predicted octanol–water partition coefficient (Wildman–Crippen LogP) is 2.56. The van der Waals surface area contributed by atoms with Crippen molar-refractivity contribution in [3.05, 3.63) is 0 Å². The van der Waals surface area contributed by atoms with Gasteiger partial charge in [0.25, 0.3) is 0 Å². The highest BCUT2D eigenvalue weighted by atomic mass is 16.5. The monoisotopic (exact) mass is 184 g/mol. The Hall–Kier alpha value is -0.370. The van der Waals surface area contributed by atoms with E-state index in [9.17, 15) is 4.79 Å². The highest BCUT2D eigenvalue weighted by Crippen LogP contribution is 2.24. The lowest BCUT2D eigenvalue weighted by Gasteiger charge is -2.12. The standard InChI is InChI=1S/C11H20O2/c1-3-9(2)13-8-7-10-5-4-6-11(10)12/h9-10H,3-8H2,1-2H3. The van der Waals surface area contributed by atoms with Gasteiger partial charge >= 0.3 is 0 Å². The zero-order valence-electron chi connectivity index (χ0n) is 8.71. The minimum absolute atomic E-state index is 0.309. The van der Waals surface area contributed by atoms with Gasteiger partial charge in [-0.05, 0) is 32.6 Å². The van der Waals surface area contributed by atoms with Crippen LogP contribution in [0.5, 0.6) is 0 Å². The van der Waals surface area contributed by atoms with Gasteiger partial charge in [-0.2, -0.15) is 0 Å². The molecule has 1 fully saturated rings. The normalized spacial score (nSPS) is 25.1. The Morgan fingerprint density at radius 1 is 1.62 bits per heavy atom. The third kappa shape index (κ3) is 3.47. The summed E-state index contributed by atoms with van der Waals surface area (Å²) in [6.07, 6.45) is 5.31. The molecule has 0 radical (unpaired) electrons. The molecular formula is C11H20O2. The minimum Gasteiger partial charge on any atom is -0.378 e. The molecule has 0 aromatic heterocycles. The van der Waals surface area contributed by atoms with Crippen LogP contribution >= 0.6 is 0 Å². The Morgan fingerprint density at radius 3 is 2.92 bits per heavy atom. The number of carbonyl (C=O) groups excluding carboxylic acids is 1. The van der Waals surface area contributed by atoms with Gasteiger partial charge in [0.1, 0.15) is 5.78 Å². The lowest BCUT2D eigenvalue weighted by molar-refractivity contribution is -0.121. The molecule has 0 spiro atoms. The summed E-state index contributed by atoms with van der Waals surface area (Å²) >= 11 is 0. The van der Waals surface area contributed by atoms with E-state index in [-0.39, 0.29) is 0 Å². The second-order valence-electron chi connectivity index (χ2n) is 3.93. The van der Waals surface area contributed by atoms with Crippen LogP contribution in [-0.4, -0.2) is 18.5 Å². The molecule has 0 saturated heterocycles. The number of ketones is 1. The van der Waals surface area contributed by atoms with Gasteiger partial charge in [0.2, 0.25) is 0 Å². The van der Waals surface area contributed by atoms with Crippen molar-refractivity contribution in [1.29, 1.82) is 0 Å². The van der Waals surface area contributed by atoms with E-state index in [1.165, 1.54) is 0 Å². The van der Waals surface area contributed by atoms with Crippen molar-refractivity contribution in [2.45, 2.75) is 52.1 Å². The Kier molecular flexibility index (Phi) is 4.43. The van der Waals surface area contributed by atoms with E-state index < -0.39 is 0 Å². The van der Waals surface area contributed by atoms with Crippen molar-refractivity contribution in [3.8, 4) is 0 Å². The Morgan fingerprint density at radius 2 is 2.38 bits per heavy atom. The van der Waals surface area contributed by atoms with Gasteiger partial charge in [-0.3, -0.25) is 4.79 Å². The second-order valence-corrected chi connectivity index (χ2v) is 3.93. The average molecular weight is 184 g/mol. The summed E-state index contributed by atoms with van der Waals surface area (Å²) in [4.78, 5) is 11.3. The van der Waals surface area contributed by atoms with Crippen LogP contribution in [0.2, 0.25) is 0 Å². The van der Waals surface area contributed by atoms with Crippen LogP contribution in [0.3, 0.4) is 0 Å². The molecule has 2 unspecified atom stereocenters. The molecule has 0 aromatic rings.